The summed E-state index contributed by atoms with van der Waals surface area (Å²) in [5.41, 5.74) is 9.40. The molecule has 0 heterocycles. The quantitative estimate of drug-likeness (QED) is 0.912. The average molecular weight is 259 g/mol. The molecule has 0 aliphatic carbocycles. The van der Waals surface area contributed by atoms with Gasteiger partial charge in [0.2, 0.25) is 0 Å². The highest BCUT2D eigenvalue weighted by Crippen LogP contribution is 2.18. The summed E-state index contributed by atoms with van der Waals surface area (Å²) in [5.74, 6) is 0.526. The third-order valence-electron chi connectivity index (χ3n) is 2.85. The zero-order valence-corrected chi connectivity index (χ0v) is 11.2. The fourth-order valence-electron chi connectivity index (χ4n) is 2.10. The van der Waals surface area contributed by atoms with E-state index in [0.717, 1.165) is 28.0 Å². The van der Waals surface area contributed by atoms with Crippen molar-refractivity contribution in [3.63, 3.8) is 0 Å². The second-order valence-electron chi connectivity index (χ2n) is 4.78. The average Bonchev–Trinajstić information content (AvgIpc) is 2.34. The molecule has 2 aromatic rings. The number of hydrogen-bond acceptors (Lipinski definition) is 2. The van der Waals surface area contributed by atoms with Crippen molar-refractivity contribution in [2.45, 2.75) is 27.0 Å². The summed E-state index contributed by atoms with van der Waals surface area (Å²) in [6, 6.07) is 10.8. The van der Waals surface area contributed by atoms with Gasteiger partial charge in [-0.05, 0) is 60.4 Å². The summed E-state index contributed by atoms with van der Waals surface area (Å²) in [5, 5.41) is 0. The third kappa shape index (κ3) is 3.80. The van der Waals surface area contributed by atoms with Crippen molar-refractivity contribution in [1.29, 1.82) is 0 Å². The van der Waals surface area contributed by atoms with Crippen molar-refractivity contribution in [1.82, 2.24) is 0 Å². The van der Waals surface area contributed by atoms with E-state index in [1.54, 1.807) is 0 Å². The number of rotatable bonds is 4. The molecule has 0 aromatic heterocycles. The van der Waals surface area contributed by atoms with E-state index in [1.807, 2.05) is 32.0 Å². The summed E-state index contributed by atoms with van der Waals surface area (Å²) in [6.45, 7) is 4.71. The van der Waals surface area contributed by atoms with E-state index >= 15 is 0 Å². The Labute approximate surface area is 113 Å². The van der Waals surface area contributed by atoms with Crippen LogP contribution in [0.1, 0.15) is 22.3 Å². The standard InChI is InChI=1S/C16H18FNO/c1-11-3-12(2)5-16(4-11)19-10-14-6-13(9-18)7-15(17)8-14/h3-8H,9-10,18H2,1-2H3. The maximum absolute atomic E-state index is 13.4. The maximum Gasteiger partial charge on any atom is 0.123 e. The zero-order valence-electron chi connectivity index (χ0n) is 11.2. The van der Waals surface area contributed by atoms with Gasteiger partial charge in [-0.15, -0.1) is 0 Å². The zero-order chi connectivity index (χ0) is 13.8. The first-order chi connectivity index (χ1) is 9.06. The molecule has 0 spiro atoms. The molecule has 0 fully saturated rings. The van der Waals surface area contributed by atoms with E-state index in [-0.39, 0.29) is 5.82 Å². The predicted molar refractivity (Wildman–Crippen MR) is 74.5 cm³/mol. The molecule has 2 nitrogen and oxygen atoms in total. The fourth-order valence-corrected chi connectivity index (χ4v) is 2.10. The highest BCUT2D eigenvalue weighted by Gasteiger charge is 2.02. The van der Waals surface area contributed by atoms with Gasteiger partial charge in [0.05, 0.1) is 0 Å². The Balaban J connectivity index is 2.11. The Bertz CT molecular complexity index is 561. The molecule has 3 heteroatoms. The molecule has 0 amide bonds. The van der Waals surface area contributed by atoms with E-state index in [1.165, 1.54) is 12.1 Å². The first kappa shape index (κ1) is 13.6. The van der Waals surface area contributed by atoms with Gasteiger partial charge in [-0.1, -0.05) is 12.1 Å². The molecule has 0 bridgehead atoms. The Morgan fingerprint density at radius 3 is 2.21 bits per heavy atom. The fraction of sp³-hybridized carbons (Fsp3) is 0.250. The van der Waals surface area contributed by atoms with E-state index in [0.29, 0.717) is 13.2 Å². The summed E-state index contributed by atoms with van der Waals surface area (Å²) in [6.07, 6.45) is 0. The van der Waals surface area contributed by atoms with Crippen LogP contribution in [-0.4, -0.2) is 0 Å². The molecule has 0 unspecified atom stereocenters. The largest absolute Gasteiger partial charge is 0.489 e. The van der Waals surface area contributed by atoms with Crippen LogP contribution in [0, 0.1) is 19.7 Å². The topological polar surface area (TPSA) is 35.2 Å². The second kappa shape index (κ2) is 5.85. The lowest BCUT2D eigenvalue weighted by molar-refractivity contribution is 0.305. The van der Waals surface area contributed by atoms with Crippen molar-refractivity contribution in [2.75, 3.05) is 0 Å². The molecular weight excluding hydrogens is 241 g/mol. The first-order valence-corrected chi connectivity index (χ1v) is 6.26. The molecule has 2 rings (SSSR count). The summed E-state index contributed by atoms with van der Waals surface area (Å²) in [7, 11) is 0. The lowest BCUT2D eigenvalue weighted by Crippen LogP contribution is -2.01. The van der Waals surface area contributed by atoms with Gasteiger partial charge >= 0.3 is 0 Å². The molecule has 0 aliphatic heterocycles. The van der Waals surface area contributed by atoms with Gasteiger partial charge in [-0.2, -0.15) is 0 Å². The van der Waals surface area contributed by atoms with Crippen LogP contribution >= 0.6 is 0 Å². The molecule has 0 saturated carbocycles. The molecule has 2 aromatic carbocycles. The molecule has 2 N–H and O–H groups in total. The number of benzene rings is 2. The van der Waals surface area contributed by atoms with E-state index in [9.17, 15) is 4.39 Å². The van der Waals surface area contributed by atoms with Gasteiger partial charge in [0.1, 0.15) is 18.2 Å². The SMILES string of the molecule is Cc1cc(C)cc(OCc2cc(F)cc(CN)c2)c1. The molecule has 0 saturated heterocycles. The lowest BCUT2D eigenvalue weighted by Gasteiger charge is -2.09. The lowest BCUT2D eigenvalue weighted by atomic mass is 10.1. The minimum atomic E-state index is -0.276. The van der Waals surface area contributed by atoms with E-state index < -0.39 is 0 Å². The van der Waals surface area contributed by atoms with Crippen LogP contribution in [0.3, 0.4) is 0 Å². The summed E-state index contributed by atoms with van der Waals surface area (Å²) >= 11 is 0. The maximum atomic E-state index is 13.4. The van der Waals surface area contributed by atoms with Gasteiger partial charge in [0, 0.05) is 6.54 Å². The van der Waals surface area contributed by atoms with Crippen LogP contribution < -0.4 is 10.5 Å². The second-order valence-corrected chi connectivity index (χ2v) is 4.78. The van der Waals surface area contributed by atoms with Crippen molar-refractivity contribution < 1.29 is 9.13 Å². The van der Waals surface area contributed by atoms with Crippen molar-refractivity contribution in [3.8, 4) is 5.75 Å². The van der Waals surface area contributed by atoms with Crippen LogP contribution in [0.5, 0.6) is 5.75 Å². The number of halogens is 1. The predicted octanol–water partition coefficient (Wildman–Crippen LogP) is 3.48. The monoisotopic (exact) mass is 259 g/mol. The van der Waals surface area contributed by atoms with Crippen LogP contribution in [0.25, 0.3) is 0 Å². The number of ether oxygens (including phenoxy) is 1. The molecule has 19 heavy (non-hydrogen) atoms. The minimum Gasteiger partial charge on any atom is -0.489 e. The van der Waals surface area contributed by atoms with E-state index in [4.69, 9.17) is 10.5 Å². The molecule has 100 valence electrons. The molecule has 0 aliphatic rings. The highest BCUT2D eigenvalue weighted by atomic mass is 19.1. The van der Waals surface area contributed by atoms with Gasteiger partial charge in [0.15, 0.2) is 0 Å². The van der Waals surface area contributed by atoms with Crippen LogP contribution in [-0.2, 0) is 13.2 Å². The van der Waals surface area contributed by atoms with Crippen molar-refractivity contribution in [3.05, 3.63) is 64.5 Å². The highest BCUT2D eigenvalue weighted by molar-refractivity contribution is 5.33. The number of hydrogen-bond donors (Lipinski definition) is 1. The molecule has 0 radical (unpaired) electrons. The minimum absolute atomic E-state index is 0.276. The van der Waals surface area contributed by atoms with Gasteiger partial charge in [-0.25, -0.2) is 4.39 Å². The van der Waals surface area contributed by atoms with Gasteiger partial charge < -0.3 is 10.5 Å². The molecular formula is C16H18FNO. The number of aryl methyl sites for hydroxylation is 2. The Hall–Kier alpha value is -1.87. The normalized spacial score (nSPS) is 10.5. The van der Waals surface area contributed by atoms with Crippen molar-refractivity contribution >= 4 is 0 Å². The van der Waals surface area contributed by atoms with E-state index in [2.05, 4.69) is 6.07 Å². The summed E-state index contributed by atoms with van der Waals surface area (Å²) < 4.78 is 19.1. The smallest absolute Gasteiger partial charge is 0.123 e. The Kier molecular flexibility index (Phi) is 4.17. The molecule has 0 atom stereocenters. The van der Waals surface area contributed by atoms with Gasteiger partial charge in [0.25, 0.3) is 0 Å². The van der Waals surface area contributed by atoms with Crippen LogP contribution in [0.2, 0.25) is 0 Å². The Morgan fingerprint density at radius 2 is 1.58 bits per heavy atom. The third-order valence-corrected chi connectivity index (χ3v) is 2.85. The van der Waals surface area contributed by atoms with Crippen molar-refractivity contribution in [2.24, 2.45) is 5.73 Å². The number of nitrogens with two attached hydrogens (primary N) is 1. The van der Waals surface area contributed by atoms with Crippen LogP contribution in [0.4, 0.5) is 4.39 Å². The first-order valence-electron chi connectivity index (χ1n) is 6.26. The Morgan fingerprint density at radius 1 is 0.947 bits per heavy atom. The van der Waals surface area contributed by atoms with Crippen LogP contribution in [0.15, 0.2) is 36.4 Å². The van der Waals surface area contributed by atoms with Gasteiger partial charge in [-0.3, -0.25) is 0 Å². The summed E-state index contributed by atoms with van der Waals surface area (Å²) in [4.78, 5) is 0.